The SMILES string of the molecule is CCN1CCCC(N2CCC(=O)NCC2C(F)(F)F)C1. The summed E-state index contributed by atoms with van der Waals surface area (Å²) in [5, 5.41) is 2.38. The molecule has 0 radical (unpaired) electrons. The maximum absolute atomic E-state index is 13.2. The molecule has 2 rings (SSSR count). The van der Waals surface area contributed by atoms with Crippen LogP contribution in [0.25, 0.3) is 0 Å². The maximum atomic E-state index is 13.2. The summed E-state index contributed by atoms with van der Waals surface area (Å²) in [7, 11) is 0. The van der Waals surface area contributed by atoms with E-state index in [4.69, 9.17) is 0 Å². The number of likely N-dealkylation sites (N-methyl/N-ethyl adjacent to an activating group) is 1. The Balaban J connectivity index is 2.13. The van der Waals surface area contributed by atoms with Crippen molar-refractivity contribution < 1.29 is 18.0 Å². The van der Waals surface area contributed by atoms with Crippen LogP contribution < -0.4 is 5.32 Å². The molecule has 4 nitrogen and oxygen atoms in total. The zero-order valence-corrected chi connectivity index (χ0v) is 11.7. The molecule has 2 fully saturated rings. The summed E-state index contributed by atoms with van der Waals surface area (Å²) in [4.78, 5) is 15.1. The van der Waals surface area contributed by atoms with E-state index in [1.165, 1.54) is 4.90 Å². The van der Waals surface area contributed by atoms with E-state index in [-0.39, 0.29) is 31.5 Å². The van der Waals surface area contributed by atoms with Gasteiger partial charge in [0.05, 0.1) is 0 Å². The van der Waals surface area contributed by atoms with Crippen LogP contribution in [0, 0.1) is 0 Å². The third-order valence-electron chi connectivity index (χ3n) is 4.26. The summed E-state index contributed by atoms with van der Waals surface area (Å²) in [6.45, 7) is 4.37. The van der Waals surface area contributed by atoms with Crippen molar-refractivity contribution in [3.8, 4) is 0 Å². The Morgan fingerprint density at radius 2 is 2.10 bits per heavy atom. The van der Waals surface area contributed by atoms with Crippen molar-refractivity contribution in [2.75, 3.05) is 32.7 Å². The minimum absolute atomic E-state index is 0.108. The third kappa shape index (κ3) is 3.63. The van der Waals surface area contributed by atoms with Crippen LogP contribution in [0.2, 0.25) is 0 Å². The van der Waals surface area contributed by atoms with Gasteiger partial charge in [-0.2, -0.15) is 13.2 Å². The van der Waals surface area contributed by atoms with E-state index in [1.54, 1.807) is 0 Å². The first-order valence-corrected chi connectivity index (χ1v) is 7.23. The zero-order chi connectivity index (χ0) is 14.8. The van der Waals surface area contributed by atoms with Gasteiger partial charge in [0.2, 0.25) is 5.91 Å². The van der Waals surface area contributed by atoms with Crippen molar-refractivity contribution in [3.05, 3.63) is 0 Å². The Bertz CT molecular complexity index is 348. The van der Waals surface area contributed by atoms with Crippen LogP contribution in [-0.2, 0) is 4.79 Å². The fraction of sp³-hybridized carbons (Fsp3) is 0.923. The lowest BCUT2D eigenvalue weighted by Crippen LogP contribution is -2.57. The minimum Gasteiger partial charge on any atom is -0.354 e. The predicted molar refractivity (Wildman–Crippen MR) is 69.3 cm³/mol. The number of hydrogen-bond donors (Lipinski definition) is 1. The number of nitrogens with one attached hydrogen (secondary N) is 1. The van der Waals surface area contributed by atoms with Gasteiger partial charge in [-0.15, -0.1) is 0 Å². The lowest BCUT2D eigenvalue weighted by molar-refractivity contribution is -0.188. The molecule has 2 atom stereocenters. The molecule has 2 unspecified atom stereocenters. The number of rotatable bonds is 2. The number of alkyl halides is 3. The van der Waals surface area contributed by atoms with Crippen LogP contribution in [-0.4, -0.2) is 66.7 Å². The van der Waals surface area contributed by atoms with E-state index < -0.39 is 12.2 Å². The van der Waals surface area contributed by atoms with E-state index in [2.05, 4.69) is 10.2 Å². The van der Waals surface area contributed by atoms with Crippen LogP contribution in [0.5, 0.6) is 0 Å². The van der Waals surface area contributed by atoms with Gasteiger partial charge in [-0.25, -0.2) is 0 Å². The monoisotopic (exact) mass is 293 g/mol. The maximum Gasteiger partial charge on any atom is 0.405 e. The minimum atomic E-state index is -4.30. The van der Waals surface area contributed by atoms with E-state index in [1.807, 2.05) is 6.92 Å². The summed E-state index contributed by atoms with van der Waals surface area (Å²) in [6, 6.07) is -1.67. The molecule has 1 amide bonds. The van der Waals surface area contributed by atoms with Crippen molar-refractivity contribution in [2.24, 2.45) is 0 Å². The fourth-order valence-corrected chi connectivity index (χ4v) is 3.13. The van der Waals surface area contributed by atoms with E-state index in [9.17, 15) is 18.0 Å². The number of amides is 1. The molecule has 1 N–H and O–H groups in total. The van der Waals surface area contributed by atoms with Gasteiger partial charge in [0.15, 0.2) is 0 Å². The van der Waals surface area contributed by atoms with Gasteiger partial charge in [-0.3, -0.25) is 9.69 Å². The molecule has 0 bridgehead atoms. The molecule has 0 aromatic rings. The number of halogens is 3. The zero-order valence-electron chi connectivity index (χ0n) is 11.7. The van der Waals surface area contributed by atoms with Crippen molar-refractivity contribution in [1.82, 2.24) is 15.1 Å². The van der Waals surface area contributed by atoms with Gasteiger partial charge in [0.1, 0.15) is 6.04 Å². The first kappa shape index (κ1) is 15.6. The number of carbonyl (C=O) groups excluding carboxylic acids is 1. The normalized spacial score (nSPS) is 30.9. The van der Waals surface area contributed by atoms with Crippen LogP contribution >= 0.6 is 0 Å². The molecule has 20 heavy (non-hydrogen) atoms. The second kappa shape index (κ2) is 6.30. The van der Waals surface area contributed by atoms with Crippen molar-refractivity contribution in [2.45, 2.75) is 44.4 Å². The molecule has 2 saturated heterocycles. The smallest absolute Gasteiger partial charge is 0.354 e. The molecule has 2 aliphatic rings. The summed E-state index contributed by atoms with van der Waals surface area (Å²) in [5.74, 6) is -0.287. The lowest BCUT2D eigenvalue weighted by Gasteiger charge is -2.42. The second-order valence-electron chi connectivity index (χ2n) is 5.54. The van der Waals surface area contributed by atoms with Crippen molar-refractivity contribution >= 4 is 5.91 Å². The molecule has 2 aliphatic heterocycles. The number of piperidine rings is 1. The Labute approximate surface area is 117 Å². The molecule has 0 aliphatic carbocycles. The van der Waals surface area contributed by atoms with Gasteiger partial charge < -0.3 is 10.2 Å². The number of hydrogen-bond acceptors (Lipinski definition) is 3. The van der Waals surface area contributed by atoms with E-state index in [0.29, 0.717) is 6.54 Å². The molecule has 2 heterocycles. The second-order valence-corrected chi connectivity index (χ2v) is 5.54. The molecule has 0 spiro atoms. The predicted octanol–water partition coefficient (Wildman–Crippen LogP) is 1.22. The van der Waals surface area contributed by atoms with Crippen molar-refractivity contribution in [1.29, 1.82) is 0 Å². The van der Waals surface area contributed by atoms with E-state index >= 15 is 0 Å². The highest BCUT2D eigenvalue weighted by Gasteiger charge is 2.47. The van der Waals surface area contributed by atoms with Gasteiger partial charge in [-0.05, 0) is 25.9 Å². The average molecular weight is 293 g/mol. The van der Waals surface area contributed by atoms with Gasteiger partial charge in [0.25, 0.3) is 0 Å². The molecular formula is C13H22F3N3O. The van der Waals surface area contributed by atoms with Crippen LogP contribution in [0.15, 0.2) is 0 Å². The largest absolute Gasteiger partial charge is 0.405 e. The highest BCUT2D eigenvalue weighted by molar-refractivity contribution is 5.76. The number of carbonyl (C=O) groups is 1. The third-order valence-corrected chi connectivity index (χ3v) is 4.26. The first-order chi connectivity index (χ1) is 9.41. The summed E-state index contributed by atoms with van der Waals surface area (Å²) >= 11 is 0. The topological polar surface area (TPSA) is 35.6 Å². The average Bonchev–Trinajstić information content (AvgIpc) is 2.60. The molecule has 7 heteroatoms. The number of nitrogens with zero attached hydrogens (tertiary/aromatic N) is 2. The summed E-state index contributed by atoms with van der Waals surface area (Å²) in [5.41, 5.74) is 0. The Morgan fingerprint density at radius 1 is 1.35 bits per heavy atom. The standard InChI is InChI=1S/C13H22F3N3O/c1-2-18-6-3-4-10(9-18)19-7-5-12(20)17-8-11(19)13(14,15)16/h10-11H,2-9H2,1H3,(H,17,20). The lowest BCUT2D eigenvalue weighted by atomic mass is 10.0. The Kier molecular flexibility index (Phi) is 4.90. The van der Waals surface area contributed by atoms with Gasteiger partial charge >= 0.3 is 6.18 Å². The van der Waals surface area contributed by atoms with Crippen LogP contribution in [0.4, 0.5) is 13.2 Å². The molecule has 0 aromatic carbocycles. The summed E-state index contributed by atoms with van der Waals surface area (Å²) in [6.07, 6.45) is -2.46. The van der Waals surface area contributed by atoms with Gasteiger partial charge in [-0.1, -0.05) is 6.92 Å². The number of likely N-dealkylation sites (tertiary alicyclic amines) is 1. The molecule has 0 aromatic heterocycles. The first-order valence-electron chi connectivity index (χ1n) is 7.23. The van der Waals surface area contributed by atoms with Crippen molar-refractivity contribution in [3.63, 3.8) is 0 Å². The highest BCUT2D eigenvalue weighted by atomic mass is 19.4. The molecule has 0 saturated carbocycles. The quantitative estimate of drug-likeness (QED) is 0.831. The van der Waals surface area contributed by atoms with Crippen LogP contribution in [0.1, 0.15) is 26.2 Å². The molecular weight excluding hydrogens is 271 g/mol. The Hall–Kier alpha value is -0.820. The highest BCUT2D eigenvalue weighted by Crippen LogP contribution is 2.29. The summed E-state index contributed by atoms with van der Waals surface area (Å²) < 4.78 is 39.7. The van der Waals surface area contributed by atoms with E-state index in [0.717, 1.165) is 25.9 Å². The van der Waals surface area contributed by atoms with Gasteiger partial charge in [0, 0.05) is 32.1 Å². The Morgan fingerprint density at radius 3 is 2.75 bits per heavy atom. The fourth-order valence-electron chi connectivity index (χ4n) is 3.13. The molecule has 116 valence electrons. The van der Waals surface area contributed by atoms with Crippen LogP contribution in [0.3, 0.4) is 0 Å².